The first kappa shape index (κ1) is 11.4. The van der Waals surface area contributed by atoms with Gasteiger partial charge in [-0.15, -0.1) is 0 Å². The molecule has 1 aliphatic carbocycles. The quantitative estimate of drug-likeness (QED) is 0.750. The van der Waals surface area contributed by atoms with Crippen LogP contribution in [0.15, 0.2) is 0 Å². The molecule has 0 radical (unpaired) electrons. The van der Waals surface area contributed by atoms with Gasteiger partial charge in [-0.1, -0.05) is 19.8 Å². The molecule has 78 valence electrons. The first-order valence-electron chi connectivity index (χ1n) is 5.56. The monoisotopic (exact) mass is 201 g/mol. The van der Waals surface area contributed by atoms with Crippen LogP contribution in [0.25, 0.3) is 0 Å². The molecule has 3 atom stereocenters. The molecule has 1 rings (SSSR count). The van der Waals surface area contributed by atoms with Gasteiger partial charge in [0.15, 0.2) is 0 Å². The van der Waals surface area contributed by atoms with E-state index < -0.39 is 0 Å². The number of thioether (sulfide) groups is 1. The van der Waals surface area contributed by atoms with Gasteiger partial charge in [0.25, 0.3) is 0 Å². The lowest BCUT2D eigenvalue weighted by Gasteiger charge is -2.33. The molecule has 1 aliphatic rings. The number of nitrogens with one attached hydrogen (secondary N) is 1. The molecule has 1 fully saturated rings. The molecule has 2 heteroatoms. The Morgan fingerprint density at radius 3 is 2.69 bits per heavy atom. The van der Waals surface area contributed by atoms with E-state index >= 15 is 0 Å². The Kier molecular flexibility index (Phi) is 5.18. The summed E-state index contributed by atoms with van der Waals surface area (Å²) in [6.45, 7) is 4.56. The molecule has 0 aromatic carbocycles. The second-order valence-corrected chi connectivity index (χ2v) is 5.22. The third-order valence-electron chi connectivity index (χ3n) is 3.12. The van der Waals surface area contributed by atoms with Crippen molar-refractivity contribution in [2.45, 2.75) is 63.3 Å². The molecule has 0 spiro atoms. The van der Waals surface area contributed by atoms with Crippen LogP contribution in [0.4, 0.5) is 0 Å². The van der Waals surface area contributed by atoms with Gasteiger partial charge in [-0.2, -0.15) is 11.8 Å². The van der Waals surface area contributed by atoms with E-state index in [2.05, 4.69) is 25.4 Å². The molecule has 0 aliphatic heterocycles. The SMILES string of the molecule is CCC(C)NC1CCCCC1SC. The minimum absolute atomic E-state index is 0.692. The summed E-state index contributed by atoms with van der Waals surface area (Å²) in [5, 5.41) is 4.61. The van der Waals surface area contributed by atoms with E-state index in [1.54, 1.807) is 0 Å². The lowest BCUT2D eigenvalue weighted by molar-refractivity contribution is 0.349. The normalized spacial score (nSPS) is 31.6. The van der Waals surface area contributed by atoms with Crippen LogP contribution in [-0.4, -0.2) is 23.6 Å². The van der Waals surface area contributed by atoms with Gasteiger partial charge in [-0.3, -0.25) is 0 Å². The predicted molar refractivity (Wildman–Crippen MR) is 62.4 cm³/mol. The molecule has 0 amide bonds. The topological polar surface area (TPSA) is 12.0 Å². The van der Waals surface area contributed by atoms with Crippen LogP contribution in [0.5, 0.6) is 0 Å². The minimum atomic E-state index is 0.692. The van der Waals surface area contributed by atoms with Crippen molar-refractivity contribution in [3.8, 4) is 0 Å². The highest BCUT2D eigenvalue weighted by Crippen LogP contribution is 2.27. The Balaban J connectivity index is 2.35. The van der Waals surface area contributed by atoms with E-state index in [-0.39, 0.29) is 0 Å². The summed E-state index contributed by atoms with van der Waals surface area (Å²) >= 11 is 2.04. The van der Waals surface area contributed by atoms with Crippen molar-refractivity contribution in [3.63, 3.8) is 0 Å². The van der Waals surface area contributed by atoms with Crippen molar-refractivity contribution < 1.29 is 0 Å². The van der Waals surface area contributed by atoms with Crippen molar-refractivity contribution in [2.24, 2.45) is 0 Å². The molecular weight excluding hydrogens is 178 g/mol. The maximum atomic E-state index is 3.75. The van der Waals surface area contributed by atoms with Crippen LogP contribution in [0.1, 0.15) is 46.0 Å². The fraction of sp³-hybridized carbons (Fsp3) is 1.00. The van der Waals surface area contributed by atoms with Crippen LogP contribution < -0.4 is 5.32 Å². The van der Waals surface area contributed by atoms with Gasteiger partial charge in [0, 0.05) is 17.3 Å². The molecule has 1 N–H and O–H groups in total. The van der Waals surface area contributed by atoms with Crippen LogP contribution >= 0.6 is 11.8 Å². The van der Waals surface area contributed by atoms with Crippen LogP contribution in [0.2, 0.25) is 0 Å². The van der Waals surface area contributed by atoms with Crippen LogP contribution in [0.3, 0.4) is 0 Å². The van der Waals surface area contributed by atoms with E-state index in [4.69, 9.17) is 0 Å². The third kappa shape index (κ3) is 3.51. The summed E-state index contributed by atoms with van der Waals surface area (Å²) in [4.78, 5) is 0. The number of rotatable bonds is 4. The molecule has 0 aromatic heterocycles. The predicted octanol–water partition coefficient (Wildman–Crippen LogP) is 3.05. The van der Waals surface area contributed by atoms with Crippen LogP contribution in [0, 0.1) is 0 Å². The van der Waals surface area contributed by atoms with E-state index in [0.717, 1.165) is 11.3 Å². The average molecular weight is 201 g/mol. The van der Waals surface area contributed by atoms with Gasteiger partial charge in [0.2, 0.25) is 0 Å². The second kappa shape index (κ2) is 5.92. The van der Waals surface area contributed by atoms with Gasteiger partial charge >= 0.3 is 0 Å². The Bertz CT molecular complexity index is 138. The summed E-state index contributed by atoms with van der Waals surface area (Å²) in [5.41, 5.74) is 0. The highest BCUT2D eigenvalue weighted by Gasteiger charge is 2.24. The largest absolute Gasteiger partial charge is 0.310 e. The Labute approximate surface area is 87.1 Å². The lowest BCUT2D eigenvalue weighted by atomic mass is 9.94. The highest BCUT2D eigenvalue weighted by molar-refractivity contribution is 7.99. The van der Waals surface area contributed by atoms with Crippen molar-refractivity contribution in [3.05, 3.63) is 0 Å². The Morgan fingerprint density at radius 2 is 2.08 bits per heavy atom. The molecule has 0 bridgehead atoms. The van der Waals surface area contributed by atoms with Gasteiger partial charge in [-0.05, 0) is 32.4 Å². The molecule has 1 nitrogen and oxygen atoms in total. The van der Waals surface area contributed by atoms with Crippen molar-refractivity contribution in [1.82, 2.24) is 5.32 Å². The zero-order valence-electron chi connectivity index (χ0n) is 9.18. The Morgan fingerprint density at radius 1 is 1.38 bits per heavy atom. The van der Waals surface area contributed by atoms with Gasteiger partial charge in [-0.25, -0.2) is 0 Å². The lowest BCUT2D eigenvalue weighted by Crippen LogP contribution is -2.44. The Hall–Kier alpha value is 0.310. The number of hydrogen-bond donors (Lipinski definition) is 1. The van der Waals surface area contributed by atoms with E-state index in [1.807, 2.05) is 11.8 Å². The van der Waals surface area contributed by atoms with Crippen molar-refractivity contribution in [1.29, 1.82) is 0 Å². The highest BCUT2D eigenvalue weighted by atomic mass is 32.2. The molecule has 3 unspecified atom stereocenters. The molecule has 0 heterocycles. The molecule has 1 saturated carbocycles. The summed E-state index contributed by atoms with van der Waals surface area (Å²) < 4.78 is 0. The zero-order chi connectivity index (χ0) is 9.68. The molecule has 0 saturated heterocycles. The fourth-order valence-electron chi connectivity index (χ4n) is 2.05. The van der Waals surface area contributed by atoms with Crippen LogP contribution in [-0.2, 0) is 0 Å². The maximum Gasteiger partial charge on any atom is 0.0198 e. The third-order valence-corrected chi connectivity index (χ3v) is 4.29. The zero-order valence-corrected chi connectivity index (χ0v) is 9.99. The first-order chi connectivity index (χ1) is 6.27. The standard InChI is InChI=1S/C11H23NS/c1-4-9(2)12-10-7-5-6-8-11(10)13-3/h9-12H,4-8H2,1-3H3. The van der Waals surface area contributed by atoms with Crippen molar-refractivity contribution >= 4 is 11.8 Å². The maximum absolute atomic E-state index is 3.75. The van der Waals surface area contributed by atoms with Crippen molar-refractivity contribution in [2.75, 3.05) is 6.26 Å². The summed E-state index contributed by atoms with van der Waals surface area (Å²) in [6, 6.07) is 1.47. The van der Waals surface area contributed by atoms with Gasteiger partial charge < -0.3 is 5.32 Å². The minimum Gasteiger partial charge on any atom is -0.310 e. The van der Waals surface area contributed by atoms with E-state index in [1.165, 1.54) is 32.1 Å². The van der Waals surface area contributed by atoms with E-state index in [9.17, 15) is 0 Å². The smallest absolute Gasteiger partial charge is 0.0198 e. The van der Waals surface area contributed by atoms with Gasteiger partial charge in [0.05, 0.1) is 0 Å². The average Bonchev–Trinajstić information content (AvgIpc) is 2.18. The first-order valence-corrected chi connectivity index (χ1v) is 6.85. The second-order valence-electron chi connectivity index (χ2n) is 4.14. The fourth-order valence-corrected chi connectivity index (χ4v) is 3.00. The molecule has 13 heavy (non-hydrogen) atoms. The summed E-state index contributed by atoms with van der Waals surface area (Å²) in [7, 11) is 0. The van der Waals surface area contributed by atoms with E-state index in [0.29, 0.717) is 6.04 Å². The number of hydrogen-bond acceptors (Lipinski definition) is 2. The van der Waals surface area contributed by atoms with Gasteiger partial charge in [0.1, 0.15) is 0 Å². The molecule has 0 aromatic rings. The molecular formula is C11H23NS. The summed E-state index contributed by atoms with van der Waals surface area (Å²) in [5.74, 6) is 0. The summed E-state index contributed by atoms with van der Waals surface area (Å²) in [6.07, 6.45) is 9.15.